The first-order valence-electron chi connectivity index (χ1n) is 7.01. The molecule has 0 saturated carbocycles. The molecule has 0 atom stereocenters. The average molecular weight is 375 g/mol. The summed E-state index contributed by atoms with van der Waals surface area (Å²) in [6.45, 7) is -1.58. The fraction of sp³-hybridized carbons (Fsp3) is 0.357. The first kappa shape index (κ1) is 20.5. The molecular weight excluding hydrogens is 357 g/mol. The van der Waals surface area contributed by atoms with Gasteiger partial charge in [0.05, 0.1) is 11.4 Å². The van der Waals surface area contributed by atoms with Gasteiger partial charge in [0.2, 0.25) is 15.9 Å². The van der Waals surface area contributed by atoms with Crippen LogP contribution in [0.15, 0.2) is 29.2 Å². The molecule has 0 fully saturated rings. The van der Waals surface area contributed by atoms with Crippen LogP contribution in [-0.2, 0) is 29.1 Å². The first-order chi connectivity index (χ1) is 11.7. The van der Waals surface area contributed by atoms with Crippen LogP contribution >= 0.6 is 0 Å². The molecule has 0 saturated heterocycles. The minimum atomic E-state index is -4.09. The van der Waals surface area contributed by atoms with Gasteiger partial charge in [0.25, 0.3) is 5.91 Å². The summed E-state index contributed by atoms with van der Waals surface area (Å²) in [5.74, 6) is -2.77. The normalized spacial score (nSPS) is 10.8. The zero-order valence-corrected chi connectivity index (χ0v) is 14.4. The predicted octanol–water partition coefficient (Wildman–Crippen LogP) is -1.15. The lowest BCUT2D eigenvalue weighted by atomic mass is 10.4. The van der Waals surface area contributed by atoms with Crippen molar-refractivity contribution in [3.05, 3.63) is 30.1 Å². The Labute approximate surface area is 144 Å². The SMILES string of the molecule is CNC(=O)CN(C)C(=O)COC(=O)CNS(=O)(=O)c1cccc(F)c1. The van der Waals surface area contributed by atoms with E-state index in [1.165, 1.54) is 20.2 Å². The van der Waals surface area contributed by atoms with Crippen LogP contribution in [0, 0.1) is 5.82 Å². The molecule has 0 aliphatic carbocycles. The highest BCUT2D eigenvalue weighted by atomic mass is 32.2. The summed E-state index contributed by atoms with van der Waals surface area (Å²) in [4.78, 5) is 35.0. The first-order valence-corrected chi connectivity index (χ1v) is 8.49. The van der Waals surface area contributed by atoms with Crippen LogP contribution in [0.25, 0.3) is 0 Å². The van der Waals surface area contributed by atoms with Crippen LogP contribution in [0.4, 0.5) is 4.39 Å². The Kier molecular flexibility index (Phi) is 7.45. The molecule has 11 heteroatoms. The second kappa shape index (κ2) is 9.08. The van der Waals surface area contributed by atoms with Crippen molar-refractivity contribution in [3.8, 4) is 0 Å². The summed E-state index contributed by atoms with van der Waals surface area (Å²) in [7, 11) is -1.34. The molecule has 0 radical (unpaired) electrons. The molecule has 2 N–H and O–H groups in total. The molecule has 0 aliphatic rings. The average Bonchev–Trinajstić information content (AvgIpc) is 2.57. The monoisotopic (exact) mass is 375 g/mol. The fourth-order valence-electron chi connectivity index (χ4n) is 1.56. The number of likely N-dealkylation sites (N-methyl/N-ethyl adjacent to an activating group) is 2. The minimum Gasteiger partial charge on any atom is -0.455 e. The Hall–Kier alpha value is -2.53. The lowest BCUT2D eigenvalue weighted by Crippen LogP contribution is -2.39. The van der Waals surface area contributed by atoms with Gasteiger partial charge in [0.1, 0.15) is 12.4 Å². The number of carbonyl (C=O) groups is 3. The summed E-state index contributed by atoms with van der Waals surface area (Å²) in [6, 6.07) is 4.25. The topological polar surface area (TPSA) is 122 Å². The molecule has 0 aromatic heterocycles. The number of carbonyl (C=O) groups excluding carboxylic acids is 3. The maximum atomic E-state index is 13.0. The van der Waals surface area contributed by atoms with Crippen molar-refractivity contribution in [1.82, 2.24) is 14.9 Å². The van der Waals surface area contributed by atoms with Crippen molar-refractivity contribution in [2.45, 2.75) is 4.90 Å². The molecule has 0 spiro atoms. The summed E-state index contributed by atoms with van der Waals surface area (Å²) in [5.41, 5.74) is 0. The lowest BCUT2D eigenvalue weighted by molar-refractivity contribution is -0.151. The van der Waals surface area contributed by atoms with E-state index in [1.807, 2.05) is 4.72 Å². The molecule has 0 heterocycles. The van der Waals surface area contributed by atoms with Gasteiger partial charge in [0, 0.05) is 14.1 Å². The number of amides is 2. The van der Waals surface area contributed by atoms with Crippen LogP contribution in [-0.4, -0.2) is 64.9 Å². The molecule has 0 bridgehead atoms. The van der Waals surface area contributed by atoms with E-state index in [2.05, 4.69) is 10.1 Å². The van der Waals surface area contributed by atoms with Crippen LogP contribution < -0.4 is 10.0 Å². The van der Waals surface area contributed by atoms with Gasteiger partial charge in [-0.2, -0.15) is 4.72 Å². The quantitative estimate of drug-likeness (QED) is 0.554. The molecule has 0 aliphatic heterocycles. The highest BCUT2D eigenvalue weighted by Crippen LogP contribution is 2.09. The zero-order chi connectivity index (χ0) is 19.0. The van der Waals surface area contributed by atoms with Crippen LogP contribution in [0.2, 0.25) is 0 Å². The Morgan fingerprint density at radius 2 is 1.96 bits per heavy atom. The molecule has 2 amide bonds. The van der Waals surface area contributed by atoms with E-state index in [4.69, 9.17) is 0 Å². The number of nitrogens with zero attached hydrogens (tertiary/aromatic N) is 1. The molecule has 138 valence electrons. The summed E-state index contributed by atoms with van der Waals surface area (Å²) in [5, 5.41) is 2.33. The van der Waals surface area contributed by atoms with Gasteiger partial charge in [-0.05, 0) is 18.2 Å². The number of hydrogen-bond acceptors (Lipinski definition) is 6. The molecule has 0 unspecified atom stereocenters. The third kappa shape index (κ3) is 6.85. The second-order valence-corrected chi connectivity index (χ2v) is 6.63. The zero-order valence-electron chi connectivity index (χ0n) is 13.6. The van der Waals surface area contributed by atoms with Crippen LogP contribution in [0.1, 0.15) is 0 Å². The van der Waals surface area contributed by atoms with E-state index in [0.29, 0.717) is 0 Å². The fourth-order valence-corrected chi connectivity index (χ4v) is 2.56. The van der Waals surface area contributed by atoms with E-state index in [-0.39, 0.29) is 11.4 Å². The van der Waals surface area contributed by atoms with E-state index < -0.39 is 46.8 Å². The highest BCUT2D eigenvalue weighted by molar-refractivity contribution is 7.89. The maximum absolute atomic E-state index is 13.0. The number of hydrogen-bond donors (Lipinski definition) is 2. The lowest BCUT2D eigenvalue weighted by Gasteiger charge is -2.16. The predicted molar refractivity (Wildman–Crippen MR) is 84.3 cm³/mol. The molecule has 1 rings (SSSR count). The third-order valence-electron chi connectivity index (χ3n) is 2.95. The number of esters is 1. The van der Waals surface area contributed by atoms with E-state index in [9.17, 15) is 27.2 Å². The number of ether oxygens (including phenoxy) is 1. The molecule has 9 nitrogen and oxygen atoms in total. The summed E-state index contributed by atoms with van der Waals surface area (Å²) >= 11 is 0. The van der Waals surface area contributed by atoms with Crippen molar-refractivity contribution >= 4 is 27.8 Å². The van der Waals surface area contributed by atoms with Crippen LogP contribution in [0.3, 0.4) is 0 Å². The van der Waals surface area contributed by atoms with Gasteiger partial charge in [-0.25, -0.2) is 12.8 Å². The maximum Gasteiger partial charge on any atom is 0.321 e. The van der Waals surface area contributed by atoms with Crippen molar-refractivity contribution in [2.75, 3.05) is 33.8 Å². The van der Waals surface area contributed by atoms with Crippen LogP contribution in [0.5, 0.6) is 0 Å². The third-order valence-corrected chi connectivity index (χ3v) is 4.35. The molecule has 1 aromatic carbocycles. The standard InChI is InChI=1S/C14H18FN3O6S/c1-16-12(19)8-18(2)13(20)9-24-14(21)7-17-25(22,23)11-5-3-4-10(15)6-11/h3-6,17H,7-9H2,1-2H3,(H,16,19). The molecule has 25 heavy (non-hydrogen) atoms. The van der Waals surface area contributed by atoms with Gasteiger partial charge < -0.3 is 15.0 Å². The van der Waals surface area contributed by atoms with Crippen molar-refractivity contribution in [2.24, 2.45) is 0 Å². The van der Waals surface area contributed by atoms with E-state index in [1.54, 1.807) is 0 Å². The number of sulfonamides is 1. The van der Waals surface area contributed by atoms with Crippen molar-refractivity contribution < 1.29 is 31.9 Å². The Morgan fingerprint density at radius 1 is 1.28 bits per heavy atom. The molecular formula is C14H18FN3O6S. The number of halogens is 1. The number of nitrogens with one attached hydrogen (secondary N) is 2. The smallest absolute Gasteiger partial charge is 0.321 e. The van der Waals surface area contributed by atoms with Gasteiger partial charge in [-0.15, -0.1) is 0 Å². The summed E-state index contributed by atoms with van der Waals surface area (Å²) in [6.07, 6.45) is 0. The highest BCUT2D eigenvalue weighted by Gasteiger charge is 2.18. The van der Waals surface area contributed by atoms with Crippen molar-refractivity contribution in [1.29, 1.82) is 0 Å². The summed E-state index contributed by atoms with van der Waals surface area (Å²) < 4.78 is 43.4. The Morgan fingerprint density at radius 3 is 2.56 bits per heavy atom. The Bertz CT molecular complexity index is 753. The van der Waals surface area contributed by atoms with Gasteiger partial charge >= 0.3 is 5.97 Å². The number of rotatable bonds is 8. The second-order valence-electron chi connectivity index (χ2n) is 4.87. The molecule has 1 aromatic rings. The Balaban J connectivity index is 2.47. The minimum absolute atomic E-state index is 0.209. The van der Waals surface area contributed by atoms with E-state index >= 15 is 0 Å². The van der Waals surface area contributed by atoms with Gasteiger partial charge in [-0.3, -0.25) is 14.4 Å². The van der Waals surface area contributed by atoms with Crippen molar-refractivity contribution in [3.63, 3.8) is 0 Å². The van der Waals surface area contributed by atoms with E-state index in [0.717, 1.165) is 23.1 Å². The largest absolute Gasteiger partial charge is 0.455 e. The van der Waals surface area contributed by atoms with Gasteiger partial charge in [0.15, 0.2) is 6.61 Å². The van der Waals surface area contributed by atoms with Gasteiger partial charge in [-0.1, -0.05) is 6.07 Å². The number of benzene rings is 1.